The fourth-order valence-corrected chi connectivity index (χ4v) is 4.23. The van der Waals surface area contributed by atoms with Gasteiger partial charge in [0, 0.05) is 12.1 Å². The van der Waals surface area contributed by atoms with Crippen LogP contribution in [0.1, 0.15) is 75.3 Å². The molecule has 2 aromatic carbocycles. The molecular formula is C24H27F5O. The van der Waals surface area contributed by atoms with Gasteiger partial charge < -0.3 is 4.74 Å². The maximum atomic E-state index is 14.5. The molecule has 0 unspecified atom stereocenters. The summed E-state index contributed by atoms with van der Waals surface area (Å²) in [5.41, 5.74) is 0.260. The van der Waals surface area contributed by atoms with Gasteiger partial charge >= 0.3 is 0 Å². The third-order valence-corrected chi connectivity index (χ3v) is 6.04. The highest BCUT2D eigenvalue weighted by atomic mass is 19.2. The van der Waals surface area contributed by atoms with Crippen LogP contribution in [0, 0.1) is 35.0 Å². The highest BCUT2D eigenvalue weighted by Gasteiger charge is 2.24. The first-order chi connectivity index (χ1) is 14.4. The number of halogens is 5. The van der Waals surface area contributed by atoms with Crippen molar-refractivity contribution in [3.63, 3.8) is 0 Å². The van der Waals surface area contributed by atoms with Crippen LogP contribution in [0.3, 0.4) is 0 Å². The highest BCUT2D eigenvalue weighted by molar-refractivity contribution is 5.30. The topological polar surface area (TPSA) is 9.23 Å². The summed E-state index contributed by atoms with van der Waals surface area (Å²) in [6.45, 7) is 1.56. The largest absolute Gasteiger partial charge is 0.485 e. The van der Waals surface area contributed by atoms with E-state index in [0.29, 0.717) is 23.6 Å². The molecule has 1 fully saturated rings. The number of ether oxygens (including phenoxy) is 1. The lowest BCUT2D eigenvalue weighted by Crippen LogP contribution is -2.14. The van der Waals surface area contributed by atoms with E-state index >= 15 is 0 Å². The zero-order chi connectivity index (χ0) is 21.7. The van der Waals surface area contributed by atoms with Crippen molar-refractivity contribution in [2.24, 2.45) is 5.92 Å². The first-order valence-corrected chi connectivity index (χ1v) is 10.6. The summed E-state index contributed by atoms with van der Waals surface area (Å²) in [7, 11) is 0. The molecule has 0 radical (unpaired) electrons. The fourth-order valence-electron chi connectivity index (χ4n) is 4.23. The molecule has 6 heteroatoms. The summed E-state index contributed by atoms with van der Waals surface area (Å²) < 4.78 is 74.0. The maximum absolute atomic E-state index is 14.5. The van der Waals surface area contributed by atoms with Crippen LogP contribution in [-0.2, 0) is 6.61 Å². The van der Waals surface area contributed by atoms with Crippen LogP contribution in [0.2, 0.25) is 0 Å². The van der Waals surface area contributed by atoms with Crippen molar-refractivity contribution in [1.29, 1.82) is 0 Å². The van der Waals surface area contributed by atoms with E-state index in [9.17, 15) is 22.0 Å². The molecular weight excluding hydrogens is 399 g/mol. The van der Waals surface area contributed by atoms with Crippen LogP contribution in [0.15, 0.2) is 24.3 Å². The van der Waals surface area contributed by atoms with E-state index in [0.717, 1.165) is 25.7 Å². The molecule has 1 aliphatic carbocycles. The molecule has 0 amide bonds. The van der Waals surface area contributed by atoms with Crippen LogP contribution in [-0.4, -0.2) is 0 Å². The van der Waals surface area contributed by atoms with Gasteiger partial charge in [-0.15, -0.1) is 0 Å². The highest BCUT2D eigenvalue weighted by Crippen LogP contribution is 2.38. The van der Waals surface area contributed by atoms with E-state index in [1.54, 1.807) is 0 Å². The van der Waals surface area contributed by atoms with Crippen molar-refractivity contribution >= 4 is 0 Å². The summed E-state index contributed by atoms with van der Waals surface area (Å²) >= 11 is 0. The van der Waals surface area contributed by atoms with Crippen molar-refractivity contribution in [3.8, 4) is 5.75 Å². The predicted molar refractivity (Wildman–Crippen MR) is 106 cm³/mol. The van der Waals surface area contributed by atoms with Gasteiger partial charge in [0.15, 0.2) is 23.2 Å². The van der Waals surface area contributed by atoms with Gasteiger partial charge in [0.1, 0.15) is 18.2 Å². The monoisotopic (exact) mass is 426 g/mol. The Morgan fingerprint density at radius 1 is 0.767 bits per heavy atom. The number of benzene rings is 2. The summed E-state index contributed by atoms with van der Waals surface area (Å²) in [5.74, 6) is -5.14. The van der Waals surface area contributed by atoms with Gasteiger partial charge in [0.05, 0.1) is 5.56 Å². The first-order valence-electron chi connectivity index (χ1n) is 10.6. The third kappa shape index (κ3) is 5.52. The second-order valence-corrected chi connectivity index (χ2v) is 8.16. The summed E-state index contributed by atoms with van der Waals surface area (Å²) in [4.78, 5) is 0. The summed E-state index contributed by atoms with van der Waals surface area (Å²) in [6, 6.07) is 3.48. The Kier molecular flexibility index (Phi) is 7.73. The molecule has 30 heavy (non-hydrogen) atoms. The Balaban J connectivity index is 1.63. The maximum Gasteiger partial charge on any atom is 0.168 e. The quantitative estimate of drug-likeness (QED) is 0.238. The summed E-state index contributed by atoms with van der Waals surface area (Å²) in [5, 5.41) is 0. The molecule has 0 aliphatic heterocycles. The van der Waals surface area contributed by atoms with Crippen LogP contribution >= 0.6 is 0 Å². The van der Waals surface area contributed by atoms with E-state index < -0.39 is 41.4 Å². The van der Waals surface area contributed by atoms with E-state index in [4.69, 9.17) is 4.74 Å². The predicted octanol–water partition coefficient (Wildman–Crippen LogP) is 7.82. The average molecular weight is 426 g/mol. The molecule has 164 valence electrons. The minimum Gasteiger partial charge on any atom is -0.485 e. The zero-order valence-corrected chi connectivity index (χ0v) is 17.1. The average Bonchev–Trinajstić information content (AvgIpc) is 2.71. The Morgan fingerprint density at radius 3 is 2.03 bits per heavy atom. The molecule has 0 atom stereocenters. The zero-order valence-electron chi connectivity index (χ0n) is 17.1. The molecule has 3 rings (SSSR count). The van der Waals surface area contributed by atoms with Crippen molar-refractivity contribution < 1.29 is 26.7 Å². The number of rotatable bonds is 8. The van der Waals surface area contributed by atoms with Crippen LogP contribution in [0.25, 0.3) is 0 Å². The molecule has 0 aromatic heterocycles. The Hall–Kier alpha value is -2.11. The second-order valence-electron chi connectivity index (χ2n) is 8.16. The molecule has 1 nitrogen and oxygen atoms in total. The number of hydrogen-bond donors (Lipinski definition) is 0. The van der Waals surface area contributed by atoms with E-state index in [1.165, 1.54) is 37.8 Å². The molecule has 2 aromatic rings. The van der Waals surface area contributed by atoms with Gasteiger partial charge in [-0.25, -0.2) is 22.0 Å². The fraction of sp³-hybridized carbons (Fsp3) is 0.500. The van der Waals surface area contributed by atoms with Gasteiger partial charge in [-0.2, -0.15) is 0 Å². The van der Waals surface area contributed by atoms with Crippen LogP contribution in [0.5, 0.6) is 5.75 Å². The summed E-state index contributed by atoms with van der Waals surface area (Å²) in [6.07, 6.45) is 8.86. The Labute approximate surface area is 174 Å². The van der Waals surface area contributed by atoms with Crippen molar-refractivity contribution in [3.05, 3.63) is 64.5 Å². The Bertz CT molecular complexity index is 836. The second kappa shape index (κ2) is 10.3. The molecule has 0 heterocycles. The smallest absolute Gasteiger partial charge is 0.168 e. The van der Waals surface area contributed by atoms with Crippen molar-refractivity contribution in [1.82, 2.24) is 0 Å². The minimum atomic E-state index is -1.36. The molecule has 1 aliphatic rings. The van der Waals surface area contributed by atoms with Gasteiger partial charge in [0.2, 0.25) is 0 Å². The van der Waals surface area contributed by atoms with Gasteiger partial charge in [0.25, 0.3) is 0 Å². The van der Waals surface area contributed by atoms with Crippen LogP contribution in [0.4, 0.5) is 22.0 Å². The normalized spacial score (nSPS) is 19.1. The van der Waals surface area contributed by atoms with E-state index in [-0.39, 0.29) is 11.5 Å². The van der Waals surface area contributed by atoms with E-state index in [2.05, 4.69) is 6.92 Å². The standard InChI is InChI=1S/C24H27F5O/c1-2-3-4-5-15-6-8-16(9-7-15)17-10-19(25)18(20(26)11-17)14-30-24-13-22(28)21(27)12-23(24)29/h10-13,15-16H,2-9,14H2,1H3/t15-,16-. The molecule has 1 saturated carbocycles. The lowest BCUT2D eigenvalue weighted by molar-refractivity contribution is 0.274. The van der Waals surface area contributed by atoms with Gasteiger partial charge in [-0.05, 0) is 55.2 Å². The first kappa shape index (κ1) is 22.6. The SMILES string of the molecule is CCCCC[C@H]1CC[C@H](c2cc(F)c(COc3cc(F)c(F)cc3F)c(F)c2)CC1. The number of hydrogen-bond acceptors (Lipinski definition) is 1. The minimum absolute atomic E-state index is 0.120. The molecule has 0 bridgehead atoms. The number of unbranched alkanes of at least 4 members (excludes halogenated alkanes) is 2. The van der Waals surface area contributed by atoms with E-state index in [1.807, 2.05) is 0 Å². The van der Waals surface area contributed by atoms with Crippen molar-refractivity contribution in [2.45, 2.75) is 70.8 Å². The van der Waals surface area contributed by atoms with Crippen LogP contribution < -0.4 is 4.74 Å². The van der Waals surface area contributed by atoms with Crippen molar-refractivity contribution in [2.75, 3.05) is 0 Å². The van der Waals surface area contributed by atoms with Gasteiger partial charge in [-0.3, -0.25) is 0 Å². The third-order valence-electron chi connectivity index (χ3n) is 6.04. The molecule has 0 spiro atoms. The lowest BCUT2D eigenvalue weighted by atomic mass is 9.77. The lowest BCUT2D eigenvalue weighted by Gasteiger charge is -2.29. The molecule has 0 saturated heterocycles. The molecule has 0 N–H and O–H groups in total. The Morgan fingerprint density at radius 2 is 1.40 bits per heavy atom. The van der Waals surface area contributed by atoms with Gasteiger partial charge in [-0.1, -0.05) is 32.6 Å².